The van der Waals surface area contributed by atoms with Crippen LogP contribution in [0.5, 0.6) is 0 Å². The molecular formula is C25H41N5OS. The summed E-state index contributed by atoms with van der Waals surface area (Å²) in [4.78, 5) is 17.3. The summed E-state index contributed by atoms with van der Waals surface area (Å²) in [5.74, 6) is 1.59. The number of hydrogen-bond donors (Lipinski definition) is 3. The molecule has 0 aromatic carbocycles. The summed E-state index contributed by atoms with van der Waals surface area (Å²) in [6.45, 7) is 8.77. The summed E-state index contributed by atoms with van der Waals surface area (Å²) < 4.78 is 0. The van der Waals surface area contributed by atoms with Crippen molar-refractivity contribution >= 4 is 28.9 Å². The molecule has 1 saturated carbocycles. The highest BCUT2D eigenvalue weighted by Crippen LogP contribution is 2.27. The van der Waals surface area contributed by atoms with Crippen LogP contribution in [0.25, 0.3) is 0 Å². The third kappa shape index (κ3) is 6.64. The molecule has 2 heterocycles. The van der Waals surface area contributed by atoms with Crippen LogP contribution < -0.4 is 5.32 Å². The number of thiophene rings is 1. The fourth-order valence-electron chi connectivity index (χ4n) is 5.09. The van der Waals surface area contributed by atoms with Crippen molar-refractivity contribution in [1.29, 1.82) is 10.8 Å². The molecule has 0 radical (unpaired) electrons. The number of nitrogens with one attached hydrogen (secondary N) is 3. The van der Waals surface area contributed by atoms with Crippen LogP contribution in [0.3, 0.4) is 0 Å². The van der Waals surface area contributed by atoms with E-state index in [4.69, 9.17) is 10.8 Å². The third-order valence-electron chi connectivity index (χ3n) is 7.06. The molecule has 0 spiro atoms. The number of carbonyl (C=O) groups is 1. The number of carbonyl (C=O) groups excluding carboxylic acids is 1. The van der Waals surface area contributed by atoms with Crippen LogP contribution in [0.1, 0.15) is 83.7 Å². The molecule has 2 fully saturated rings. The summed E-state index contributed by atoms with van der Waals surface area (Å²) in [5.41, 5.74) is 1.23. The lowest BCUT2D eigenvalue weighted by Crippen LogP contribution is -2.50. The van der Waals surface area contributed by atoms with Gasteiger partial charge < -0.3 is 15.1 Å². The van der Waals surface area contributed by atoms with E-state index in [2.05, 4.69) is 27.0 Å². The molecule has 2 aliphatic rings. The van der Waals surface area contributed by atoms with Crippen molar-refractivity contribution in [3.8, 4) is 0 Å². The predicted molar refractivity (Wildman–Crippen MR) is 134 cm³/mol. The monoisotopic (exact) mass is 459 g/mol. The fourth-order valence-corrected chi connectivity index (χ4v) is 5.81. The van der Waals surface area contributed by atoms with Gasteiger partial charge in [-0.1, -0.05) is 33.1 Å². The largest absolute Gasteiger partial charge is 0.349 e. The lowest BCUT2D eigenvalue weighted by atomic mass is 9.88. The molecule has 3 rings (SSSR count). The van der Waals surface area contributed by atoms with Gasteiger partial charge in [0, 0.05) is 37.5 Å². The molecule has 6 nitrogen and oxygen atoms in total. The maximum atomic E-state index is 12.9. The Morgan fingerprint density at radius 2 is 1.88 bits per heavy atom. The molecule has 1 aliphatic heterocycles. The lowest BCUT2D eigenvalue weighted by Gasteiger charge is -2.40. The van der Waals surface area contributed by atoms with Crippen LogP contribution >= 0.6 is 11.3 Å². The van der Waals surface area contributed by atoms with Crippen molar-refractivity contribution in [3.63, 3.8) is 0 Å². The first-order valence-corrected chi connectivity index (χ1v) is 13.3. The number of hydrogen-bond acceptors (Lipinski definition) is 5. The lowest BCUT2D eigenvalue weighted by molar-refractivity contribution is -0.126. The van der Waals surface area contributed by atoms with Gasteiger partial charge >= 0.3 is 0 Å². The number of nitrogens with zero attached hydrogens (tertiary/aromatic N) is 2. The first-order valence-electron chi connectivity index (χ1n) is 12.3. The third-order valence-corrected chi connectivity index (χ3v) is 7.76. The Morgan fingerprint density at radius 1 is 1.19 bits per heavy atom. The highest BCUT2D eigenvalue weighted by molar-refractivity contribution is 7.08. The highest BCUT2D eigenvalue weighted by atomic mass is 32.1. The van der Waals surface area contributed by atoms with E-state index in [0.717, 1.165) is 51.7 Å². The maximum absolute atomic E-state index is 12.9. The van der Waals surface area contributed by atoms with E-state index in [9.17, 15) is 4.79 Å². The second kappa shape index (κ2) is 11.9. The number of likely N-dealkylation sites (tertiary alicyclic amines) is 1. The average molecular weight is 460 g/mol. The number of piperidine rings is 1. The van der Waals surface area contributed by atoms with Gasteiger partial charge in [0.1, 0.15) is 5.84 Å². The van der Waals surface area contributed by atoms with Gasteiger partial charge in [0.05, 0.1) is 11.9 Å². The average Bonchev–Trinajstić information content (AvgIpc) is 3.32. The molecule has 3 N–H and O–H groups in total. The van der Waals surface area contributed by atoms with E-state index in [1.54, 1.807) is 18.3 Å². The van der Waals surface area contributed by atoms with Crippen LogP contribution in [0, 0.1) is 22.7 Å². The second-order valence-corrected chi connectivity index (χ2v) is 10.6. The van der Waals surface area contributed by atoms with Crippen LogP contribution in [0.4, 0.5) is 0 Å². The summed E-state index contributed by atoms with van der Waals surface area (Å²) in [5, 5.41) is 24.2. The SMILES string of the molecule is CC(=N)N(C(=N)C(C)C)C1CCN(CC[C@H](NC(=O)C2CCCCC2)c2ccsc2)CC1. The van der Waals surface area contributed by atoms with Gasteiger partial charge in [-0.05, 0) is 61.4 Å². The fraction of sp³-hybridized carbons (Fsp3) is 0.720. The Balaban J connectivity index is 1.53. The van der Waals surface area contributed by atoms with Crippen LogP contribution in [0.15, 0.2) is 16.8 Å². The standard InChI is InChI=1S/C25H41N5OS/c1-18(2)24(27)30(19(3)26)22-9-13-29(14-10-22)15-11-23(21-12-16-32-17-21)28-25(31)20-7-5-4-6-8-20/h12,16-18,20,22-23,26-27H,4-11,13-15H2,1-3H3,(H,28,31)/t23-/m0/s1. The Labute approximate surface area is 197 Å². The molecular weight excluding hydrogens is 418 g/mol. The number of amides is 1. The summed E-state index contributed by atoms with van der Waals surface area (Å²) in [6, 6.07) is 2.48. The van der Waals surface area contributed by atoms with E-state index < -0.39 is 0 Å². The molecule has 0 bridgehead atoms. The first kappa shape index (κ1) is 24.9. The van der Waals surface area contributed by atoms with E-state index in [1.807, 2.05) is 18.7 Å². The molecule has 7 heteroatoms. The van der Waals surface area contributed by atoms with Gasteiger partial charge in [0.2, 0.25) is 5.91 Å². The van der Waals surface area contributed by atoms with E-state index >= 15 is 0 Å². The Hall–Kier alpha value is -1.73. The van der Waals surface area contributed by atoms with Gasteiger partial charge in [-0.15, -0.1) is 0 Å². The molecule has 0 unspecified atom stereocenters. The van der Waals surface area contributed by atoms with Crippen molar-refractivity contribution in [2.24, 2.45) is 11.8 Å². The normalized spacial score (nSPS) is 19.6. The molecule has 32 heavy (non-hydrogen) atoms. The molecule has 1 amide bonds. The zero-order valence-corrected chi connectivity index (χ0v) is 20.8. The number of rotatable bonds is 8. The minimum Gasteiger partial charge on any atom is -0.349 e. The van der Waals surface area contributed by atoms with Gasteiger partial charge in [-0.2, -0.15) is 11.3 Å². The van der Waals surface area contributed by atoms with Gasteiger partial charge in [-0.25, -0.2) is 0 Å². The maximum Gasteiger partial charge on any atom is 0.223 e. The molecule has 1 atom stereocenters. The molecule has 1 saturated heterocycles. The molecule has 178 valence electrons. The molecule has 1 aromatic rings. The Morgan fingerprint density at radius 3 is 2.44 bits per heavy atom. The van der Waals surface area contributed by atoms with E-state index in [-0.39, 0.29) is 29.8 Å². The van der Waals surface area contributed by atoms with Gasteiger partial charge in [-0.3, -0.25) is 15.6 Å². The molecule has 1 aliphatic carbocycles. The van der Waals surface area contributed by atoms with Crippen LogP contribution in [-0.4, -0.2) is 53.1 Å². The van der Waals surface area contributed by atoms with Gasteiger partial charge in [0.25, 0.3) is 0 Å². The zero-order valence-electron chi connectivity index (χ0n) is 20.0. The predicted octanol–water partition coefficient (Wildman–Crippen LogP) is 5.27. The van der Waals surface area contributed by atoms with Crippen LogP contribution in [-0.2, 0) is 4.79 Å². The van der Waals surface area contributed by atoms with Crippen LogP contribution in [0.2, 0.25) is 0 Å². The number of amidine groups is 2. The van der Waals surface area contributed by atoms with Crippen molar-refractivity contribution in [1.82, 2.24) is 15.1 Å². The quantitative estimate of drug-likeness (QED) is 0.366. The Kier molecular flexibility index (Phi) is 9.29. The minimum absolute atomic E-state index is 0.0860. The zero-order chi connectivity index (χ0) is 23.1. The second-order valence-electron chi connectivity index (χ2n) is 9.81. The highest BCUT2D eigenvalue weighted by Gasteiger charge is 2.29. The summed E-state index contributed by atoms with van der Waals surface area (Å²) in [6.07, 6.45) is 8.56. The van der Waals surface area contributed by atoms with Crippen molar-refractivity contribution < 1.29 is 4.79 Å². The summed E-state index contributed by atoms with van der Waals surface area (Å²) in [7, 11) is 0. The smallest absolute Gasteiger partial charge is 0.223 e. The molecule has 1 aromatic heterocycles. The van der Waals surface area contributed by atoms with Gasteiger partial charge in [0.15, 0.2) is 0 Å². The van der Waals surface area contributed by atoms with E-state index in [0.29, 0.717) is 11.7 Å². The van der Waals surface area contributed by atoms with E-state index in [1.165, 1.54) is 24.8 Å². The Bertz CT molecular complexity index is 748. The minimum atomic E-state index is 0.0860. The van der Waals surface area contributed by atoms with Crippen molar-refractivity contribution in [2.75, 3.05) is 19.6 Å². The topological polar surface area (TPSA) is 83.3 Å². The van der Waals surface area contributed by atoms with Crippen molar-refractivity contribution in [3.05, 3.63) is 22.4 Å². The van der Waals surface area contributed by atoms with Crippen molar-refractivity contribution in [2.45, 2.75) is 84.2 Å². The summed E-state index contributed by atoms with van der Waals surface area (Å²) >= 11 is 1.69. The first-order chi connectivity index (χ1) is 15.4.